The second-order valence-corrected chi connectivity index (χ2v) is 14.6. The van der Waals surface area contributed by atoms with Crippen molar-refractivity contribution in [1.82, 2.24) is 9.13 Å². The first-order valence-corrected chi connectivity index (χ1v) is 13.2. The predicted octanol–water partition coefficient (Wildman–Crippen LogP) is 5.90. The van der Waals surface area contributed by atoms with E-state index >= 15 is 0 Å². The monoisotopic (exact) mass is 434 g/mol. The van der Waals surface area contributed by atoms with Crippen LogP contribution in [0, 0.1) is 12.3 Å². The van der Waals surface area contributed by atoms with E-state index in [1.807, 2.05) is 24.3 Å². The fourth-order valence-electron chi connectivity index (χ4n) is 4.33. The van der Waals surface area contributed by atoms with Crippen molar-refractivity contribution in [2.75, 3.05) is 6.54 Å². The van der Waals surface area contributed by atoms with Gasteiger partial charge in [0.2, 0.25) is 0 Å². The molecule has 1 amide bonds. The number of carbonyl (C=O) groups excluding carboxylic acids is 1. The van der Waals surface area contributed by atoms with Crippen LogP contribution in [0.25, 0.3) is 10.9 Å². The minimum absolute atomic E-state index is 0.0461. The van der Waals surface area contributed by atoms with E-state index in [0.717, 1.165) is 27.1 Å². The zero-order valence-corrected chi connectivity index (χ0v) is 19.2. The average Bonchev–Trinajstić information content (AvgIpc) is 2.99. The molecule has 3 nitrogen and oxygen atoms in total. The fraction of sp³-hybridized carbons (Fsp3) is 0.522. The molecule has 1 aliphatic rings. The normalized spacial score (nSPS) is 17.7. The molecule has 7 heteroatoms. The van der Waals surface area contributed by atoms with Crippen molar-refractivity contribution in [3.05, 3.63) is 35.5 Å². The standard InChI is InChI=1S/C23H29F3N2OSi/c1-7-8-12-19-20-17(14-15-27(19)21(29)23(24,25)26)16-11-9-10-13-18(16)28(20)30(5,6)22(2,3)4/h1,9-11,13,19H,8,12,14-15H2,2-6H3. The highest BCUT2D eigenvalue weighted by molar-refractivity contribution is 6.79. The molecule has 0 bridgehead atoms. The van der Waals surface area contributed by atoms with Gasteiger partial charge in [0, 0.05) is 29.6 Å². The van der Waals surface area contributed by atoms with Crippen LogP contribution in [-0.2, 0) is 11.2 Å². The van der Waals surface area contributed by atoms with Gasteiger partial charge >= 0.3 is 12.1 Å². The van der Waals surface area contributed by atoms with E-state index in [1.165, 1.54) is 0 Å². The van der Waals surface area contributed by atoms with Gasteiger partial charge in [0.25, 0.3) is 0 Å². The summed E-state index contributed by atoms with van der Waals surface area (Å²) < 4.78 is 42.5. The van der Waals surface area contributed by atoms with Crippen LogP contribution in [0.3, 0.4) is 0 Å². The fourth-order valence-corrected chi connectivity index (χ4v) is 6.69. The Labute approximate surface area is 177 Å². The average molecular weight is 435 g/mol. The number of hydrogen-bond acceptors (Lipinski definition) is 1. The van der Waals surface area contributed by atoms with Crippen molar-refractivity contribution in [1.29, 1.82) is 0 Å². The van der Waals surface area contributed by atoms with E-state index in [2.05, 4.69) is 44.0 Å². The molecule has 30 heavy (non-hydrogen) atoms. The molecule has 1 aromatic heterocycles. The third-order valence-corrected chi connectivity index (χ3v) is 12.0. The zero-order valence-electron chi connectivity index (χ0n) is 18.2. The second-order valence-electron chi connectivity index (χ2n) is 9.53. The van der Waals surface area contributed by atoms with Crippen molar-refractivity contribution in [3.8, 4) is 12.3 Å². The molecule has 3 rings (SSSR count). The van der Waals surface area contributed by atoms with E-state index < -0.39 is 26.4 Å². The molecular formula is C23H29F3N2OSi. The van der Waals surface area contributed by atoms with Crippen molar-refractivity contribution < 1.29 is 18.0 Å². The highest BCUT2D eigenvalue weighted by atomic mass is 28.3. The van der Waals surface area contributed by atoms with Crippen LogP contribution < -0.4 is 0 Å². The van der Waals surface area contributed by atoms with Gasteiger partial charge in [-0.2, -0.15) is 13.2 Å². The SMILES string of the molecule is C#CCCC1c2c(c3ccccc3n2[Si](C)(C)C(C)(C)C)CCN1C(=O)C(F)(F)F. The van der Waals surface area contributed by atoms with Gasteiger partial charge < -0.3 is 9.13 Å². The lowest BCUT2D eigenvalue weighted by Gasteiger charge is -2.44. The largest absolute Gasteiger partial charge is 0.471 e. The Morgan fingerprint density at radius 3 is 2.43 bits per heavy atom. The highest BCUT2D eigenvalue weighted by Gasteiger charge is 2.49. The summed E-state index contributed by atoms with van der Waals surface area (Å²) in [6.45, 7) is 11.1. The van der Waals surface area contributed by atoms with Crippen LogP contribution in [-0.4, -0.2) is 36.0 Å². The Morgan fingerprint density at radius 2 is 1.87 bits per heavy atom. The highest BCUT2D eigenvalue weighted by Crippen LogP contribution is 2.46. The maximum absolute atomic E-state index is 13.4. The van der Waals surface area contributed by atoms with E-state index in [1.54, 1.807) is 0 Å². The summed E-state index contributed by atoms with van der Waals surface area (Å²) in [5.74, 6) is 0.773. The number of rotatable bonds is 3. The summed E-state index contributed by atoms with van der Waals surface area (Å²) in [6, 6.07) is 7.33. The maximum atomic E-state index is 13.4. The Balaban J connectivity index is 2.33. The number of alkyl halides is 3. The molecule has 0 fully saturated rings. The number of nitrogens with zero attached hydrogens (tertiary/aromatic N) is 2. The number of halogens is 3. The number of fused-ring (bicyclic) bond motifs is 3. The summed E-state index contributed by atoms with van der Waals surface area (Å²) in [4.78, 5) is 13.3. The topological polar surface area (TPSA) is 25.2 Å². The molecule has 1 aromatic carbocycles. The van der Waals surface area contributed by atoms with E-state index in [-0.39, 0.29) is 11.6 Å². The second kappa shape index (κ2) is 7.49. The Bertz CT molecular complexity index is 1010. The molecule has 2 aromatic rings. The van der Waals surface area contributed by atoms with Gasteiger partial charge in [-0.3, -0.25) is 4.79 Å². The molecule has 0 aliphatic carbocycles. The first-order valence-electron chi connectivity index (χ1n) is 10.3. The quantitative estimate of drug-likeness (QED) is 0.436. The Hall–Kier alpha value is -2.20. The van der Waals surface area contributed by atoms with Crippen LogP contribution in [0.4, 0.5) is 13.2 Å². The summed E-state index contributed by atoms with van der Waals surface area (Å²) in [6.07, 6.45) is 1.60. The predicted molar refractivity (Wildman–Crippen MR) is 117 cm³/mol. The third-order valence-electron chi connectivity index (χ3n) is 6.77. The summed E-state index contributed by atoms with van der Waals surface area (Å²) >= 11 is 0. The zero-order chi connectivity index (χ0) is 22.5. The number of amides is 1. The molecule has 0 spiro atoms. The molecule has 0 saturated heterocycles. The van der Waals surface area contributed by atoms with E-state index in [4.69, 9.17) is 6.42 Å². The summed E-state index contributed by atoms with van der Waals surface area (Å²) in [5, 5.41) is 1.03. The lowest BCUT2D eigenvalue weighted by Crippen LogP contribution is -2.51. The lowest BCUT2D eigenvalue weighted by atomic mass is 9.94. The van der Waals surface area contributed by atoms with Crippen LogP contribution >= 0.6 is 0 Å². The number of aromatic nitrogens is 1. The van der Waals surface area contributed by atoms with Crippen molar-refractivity contribution in [2.24, 2.45) is 0 Å². The lowest BCUT2D eigenvalue weighted by molar-refractivity contribution is -0.188. The minimum Gasteiger partial charge on any atom is -0.370 e. The molecule has 1 aliphatic heterocycles. The molecule has 2 heterocycles. The van der Waals surface area contributed by atoms with Crippen molar-refractivity contribution in [3.63, 3.8) is 0 Å². The number of terminal acetylenes is 1. The maximum Gasteiger partial charge on any atom is 0.471 e. The van der Waals surface area contributed by atoms with Crippen LogP contribution in [0.2, 0.25) is 18.1 Å². The summed E-state index contributed by atoms with van der Waals surface area (Å²) in [5.41, 5.74) is 2.95. The molecule has 162 valence electrons. The van der Waals surface area contributed by atoms with Crippen LogP contribution in [0.1, 0.15) is 50.9 Å². The van der Waals surface area contributed by atoms with Gasteiger partial charge in [-0.15, -0.1) is 12.3 Å². The van der Waals surface area contributed by atoms with Crippen molar-refractivity contribution >= 4 is 25.0 Å². The van der Waals surface area contributed by atoms with Crippen molar-refractivity contribution in [2.45, 2.75) is 70.4 Å². The van der Waals surface area contributed by atoms with Gasteiger partial charge in [0.1, 0.15) is 0 Å². The Morgan fingerprint density at radius 1 is 1.23 bits per heavy atom. The van der Waals surface area contributed by atoms with Gasteiger partial charge in [-0.1, -0.05) is 52.1 Å². The van der Waals surface area contributed by atoms with Crippen LogP contribution in [0.15, 0.2) is 24.3 Å². The smallest absolute Gasteiger partial charge is 0.370 e. The number of carbonyl (C=O) groups is 1. The molecule has 1 atom stereocenters. The number of benzene rings is 1. The van der Waals surface area contributed by atoms with Gasteiger partial charge in [-0.05, 0) is 29.5 Å². The van der Waals surface area contributed by atoms with E-state index in [9.17, 15) is 18.0 Å². The van der Waals surface area contributed by atoms with Crippen LogP contribution in [0.5, 0.6) is 0 Å². The Kier molecular flexibility index (Phi) is 5.61. The minimum atomic E-state index is -4.90. The van der Waals surface area contributed by atoms with Gasteiger partial charge in [-0.25, -0.2) is 0 Å². The third kappa shape index (κ3) is 3.56. The summed E-state index contributed by atoms with van der Waals surface area (Å²) in [7, 11) is -2.22. The molecular weight excluding hydrogens is 405 g/mol. The van der Waals surface area contributed by atoms with E-state index in [0.29, 0.717) is 19.3 Å². The van der Waals surface area contributed by atoms with Gasteiger partial charge in [0.15, 0.2) is 8.24 Å². The molecule has 0 saturated carbocycles. The number of hydrogen-bond donors (Lipinski definition) is 0. The first kappa shape index (κ1) is 22.5. The number of para-hydroxylation sites is 1. The van der Waals surface area contributed by atoms with Gasteiger partial charge in [0.05, 0.1) is 6.04 Å². The first-order chi connectivity index (χ1) is 13.8. The molecule has 0 N–H and O–H groups in total. The molecule has 0 radical (unpaired) electrons. The molecule has 1 unspecified atom stereocenters.